The summed E-state index contributed by atoms with van der Waals surface area (Å²) in [6, 6.07) is 2.71. The first-order chi connectivity index (χ1) is 23.9. The fraction of sp³-hybridized carbons (Fsp3) is 0.600. The minimum Gasteiger partial charge on any atom is -0.444 e. The molecule has 280 valence electrons. The normalized spacial score (nSPS) is 26.9. The minimum absolute atomic E-state index is 0.0365. The molecule has 1 saturated carbocycles. The van der Waals surface area contributed by atoms with Crippen molar-refractivity contribution in [1.82, 2.24) is 25.6 Å². The molecule has 15 nitrogen and oxygen atoms in total. The Balaban J connectivity index is 1.65. The number of hydrogen-bond donors (Lipinski definition) is 5. The number of hydrogen-bond acceptors (Lipinski definition) is 9. The highest BCUT2D eigenvalue weighted by Crippen LogP contribution is 2.45. The summed E-state index contributed by atoms with van der Waals surface area (Å²) in [6.07, 6.45) is 6.28. The number of nitrogens with zero attached hydrogens (tertiary/aromatic N) is 1. The Hall–Kier alpha value is -4.47. The number of carbonyl (C=O) groups is 6. The lowest BCUT2D eigenvalue weighted by molar-refractivity contribution is -0.141. The van der Waals surface area contributed by atoms with Gasteiger partial charge in [-0.1, -0.05) is 31.9 Å². The highest BCUT2D eigenvalue weighted by atomic mass is 32.2. The maximum absolute atomic E-state index is 14.3. The number of carbonyl (C=O) groups excluding carboxylic acids is 6. The third-order valence-corrected chi connectivity index (χ3v) is 11.3. The van der Waals surface area contributed by atoms with E-state index in [0.717, 1.165) is 12.8 Å². The molecule has 0 radical (unpaired) electrons. The Morgan fingerprint density at radius 1 is 1.06 bits per heavy atom. The monoisotopic (exact) mass is 730 g/mol. The van der Waals surface area contributed by atoms with E-state index >= 15 is 0 Å². The summed E-state index contributed by atoms with van der Waals surface area (Å²) in [4.78, 5) is 80.9. The van der Waals surface area contributed by atoms with Gasteiger partial charge in [0.25, 0.3) is 11.8 Å². The summed E-state index contributed by atoms with van der Waals surface area (Å²) in [5.41, 5.74) is 3.34. The molecular weight excluding hydrogens is 680 g/mol. The van der Waals surface area contributed by atoms with Crippen LogP contribution < -0.4 is 26.4 Å². The van der Waals surface area contributed by atoms with Gasteiger partial charge >= 0.3 is 6.09 Å². The summed E-state index contributed by atoms with van der Waals surface area (Å²) in [7, 11) is -4.03. The molecule has 0 aromatic heterocycles. The predicted octanol–water partition coefficient (Wildman–Crippen LogP) is 2.02. The highest BCUT2D eigenvalue weighted by Gasteiger charge is 2.61. The van der Waals surface area contributed by atoms with Gasteiger partial charge in [-0.3, -0.25) is 28.7 Å². The van der Waals surface area contributed by atoms with Crippen molar-refractivity contribution in [1.29, 1.82) is 0 Å². The minimum atomic E-state index is -4.03. The molecule has 2 fully saturated rings. The molecule has 6 N–H and O–H groups in total. The van der Waals surface area contributed by atoms with Crippen LogP contribution in [0.25, 0.3) is 0 Å². The van der Waals surface area contributed by atoms with Gasteiger partial charge in [-0.05, 0) is 90.5 Å². The van der Waals surface area contributed by atoms with E-state index in [1.807, 2.05) is 12.2 Å². The summed E-state index contributed by atoms with van der Waals surface area (Å²) < 4.78 is 33.4. The topological polar surface area (TPSA) is 223 Å². The number of allylic oxidation sites excluding steroid dienone is 1. The molecule has 1 unspecified atom stereocenters. The summed E-state index contributed by atoms with van der Waals surface area (Å²) in [6.45, 7) is 8.15. The van der Waals surface area contributed by atoms with Crippen molar-refractivity contribution in [3.05, 3.63) is 47.5 Å². The molecular formula is C35H50N6O9S. The van der Waals surface area contributed by atoms with Crippen molar-refractivity contribution in [3.63, 3.8) is 0 Å². The van der Waals surface area contributed by atoms with Crippen LogP contribution in [-0.2, 0) is 29.1 Å². The van der Waals surface area contributed by atoms with E-state index in [4.69, 9.17) is 10.5 Å². The van der Waals surface area contributed by atoms with Gasteiger partial charge in [-0.25, -0.2) is 13.2 Å². The first-order valence-electron chi connectivity index (χ1n) is 17.4. The second kappa shape index (κ2) is 15.8. The van der Waals surface area contributed by atoms with Crippen molar-refractivity contribution in [3.8, 4) is 0 Å². The number of rotatable bonds is 8. The molecule has 4 rings (SSSR count). The molecule has 6 amide bonds. The van der Waals surface area contributed by atoms with Gasteiger partial charge in [0, 0.05) is 29.6 Å². The maximum atomic E-state index is 14.3. The second-order valence-corrected chi connectivity index (χ2v) is 16.7. The predicted molar refractivity (Wildman–Crippen MR) is 188 cm³/mol. The van der Waals surface area contributed by atoms with Gasteiger partial charge in [-0.2, -0.15) is 0 Å². The van der Waals surface area contributed by atoms with E-state index in [0.29, 0.717) is 12.8 Å². The quantitative estimate of drug-likeness (QED) is 0.247. The van der Waals surface area contributed by atoms with E-state index in [-0.39, 0.29) is 43.4 Å². The number of nitrogens with one attached hydrogen (secondary N) is 4. The molecule has 16 heteroatoms. The van der Waals surface area contributed by atoms with Crippen LogP contribution in [0.5, 0.6) is 0 Å². The second-order valence-electron chi connectivity index (χ2n) is 14.6. The Kier molecular flexibility index (Phi) is 12.2. The number of fused-ring (bicyclic) bond motifs is 2. The van der Waals surface area contributed by atoms with Crippen LogP contribution in [0.15, 0.2) is 36.4 Å². The highest BCUT2D eigenvalue weighted by molar-refractivity contribution is 7.90. The van der Waals surface area contributed by atoms with Gasteiger partial charge < -0.3 is 31.3 Å². The largest absolute Gasteiger partial charge is 0.444 e. The van der Waals surface area contributed by atoms with Crippen molar-refractivity contribution < 1.29 is 41.9 Å². The number of alkyl carbamates (subject to hydrolysis) is 1. The average molecular weight is 731 g/mol. The standard InChI is InChI=1S/C35H50N6O9S/c1-6-21(2)51(48,49)40-32(46)35-19-24(35)12-10-8-7-9-11-13-26(38-33(47)50-34(3,4)5)31(45)41-20-25(18-27(41)30(44)39-35)37-29(43)23-16-14-22(15-17-23)28(36)42/h10,12,14-17,21,24-27H,6-9,11,13,18-20H2,1-5H3,(H2,36,42)(H,37,43)(H,38,47)(H,39,44)(H,40,46)/b12-10-/t21?,24-,25-,26+,27+,35-/m1/s1. The van der Waals surface area contributed by atoms with E-state index in [1.165, 1.54) is 36.1 Å². The van der Waals surface area contributed by atoms with Crippen LogP contribution in [0.2, 0.25) is 0 Å². The Morgan fingerprint density at radius 2 is 1.73 bits per heavy atom. The van der Waals surface area contributed by atoms with Crippen LogP contribution in [0.4, 0.5) is 4.79 Å². The maximum Gasteiger partial charge on any atom is 0.408 e. The molecule has 2 aliphatic heterocycles. The Labute approximate surface area is 298 Å². The Bertz CT molecular complexity index is 1660. The van der Waals surface area contributed by atoms with Crippen LogP contribution in [0, 0.1) is 5.92 Å². The Morgan fingerprint density at radius 3 is 2.35 bits per heavy atom. The van der Waals surface area contributed by atoms with Crippen LogP contribution in [-0.4, -0.2) is 90.0 Å². The lowest BCUT2D eigenvalue weighted by Gasteiger charge is -2.30. The van der Waals surface area contributed by atoms with Gasteiger partial charge in [-0.15, -0.1) is 0 Å². The average Bonchev–Trinajstić information content (AvgIpc) is 3.58. The zero-order valence-electron chi connectivity index (χ0n) is 29.8. The van der Waals surface area contributed by atoms with Crippen molar-refractivity contribution in [2.45, 2.75) is 121 Å². The van der Waals surface area contributed by atoms with Crippen LogP contribution in [0.3, 0.4) is 0 Å². The molecule has 1 aromatic carbocycles. The van der Waals surface area contributed by atoms with E-state index < -0.39 is 86.1 Å². The molecule has 6 atom stereocenters. The fourth-order valence-corrected chi connectivity index (χ4v) is 7.35. The van der Waals surface area contributed by atoms with E-state index in [2.05, 4.69) is 20.7 Å². The molecule has 1 aromatic rings. The summed E-state index contributed by atoms with van der Waals surface area (Å²) in [5.74, 6) is -3.79. The molecule has 1 saturated heterocycles. The SMILES string of the molecule is CCC(C)S(=O)(=O)NC(=O)[C@@]12C[C@H]1/C=C\CCCCC[C@H](NC(=O)OC(C)(C)C)C(=O)N1C[C@H](NC(=O)c3ccc(C(N)=O)cc3)C[C@H]1C(=O)N2. The first-order valence-corrected chi connectivity index (χ1v) is 19.0. The summed E-state index contributed by atoms with van der Waals surface area (Å²) >= 11 is 0. The molecule has 2 heterocycles. The van der Waals surface area contributed by atoms with Gasteiger partial charge in [0.15, 0.2) is 0 Å². The molecule has 0 bridgehead atoms. The first kappa shape index (κ1) is 39.3. The number of amides is 6. The zero-order chi connectivity index (χ0) is 37.7. The van der Waals surface area contributed by atoms with Gasteiger partial charge in [0.1, 0.15) is 23.2 Å². The number of ether oxygens (including phenoxy) is 1. The molecule has 51 heavy (non-hydrogen) atoms. The van der Waals surface area contributed by atoms with Crippen molar-refractivity contribution in [2.75, 3.05) is 6.54 Å². The van der Waals surface area contributed by atoms with Crippen molar-refractivity contribution >= 4 is 45.7 Å². The van der Waals surface area contributed by atoms with Crippen molar-refractivity contribution in [2.24, 2.45) is 11.7 Å². The number of sulfonamides is 1. The van der Waals surface area contributed by atoms with E-state index in [1.54, 1.807) is 27.7 Å². The molecule has 1 aliphatic carbocycles. The van der Waals surface area contributed by atoms with Crippen LogP contribution in [0.1, 0.15) is 107 Å². The van der Waals surface area contributed by atoms with E-state index in [9.17, 15) is 37.2 Å². The molecule has 3 aliphatic rings. The lowest BCUT2D eigenvalue weighted by atomic mass is 10.0. The van der Waals surface area contributed by atoms with Crippen LogP contribution >= 0.6 is 0 Å². The van der Waals surface area contributed by atoms with Gasteiger partial charge in [0.2, 0.25) is 27.7 Å². The van der Waals surface area contributed by atoms with Gasteiger partial charge in [0.05, 0.1) is 5.25 Å². The summed E-state index contributed by atoms with van der Waals surface area (Å²) in [5, 5.41) is 7.46. The zero-order valence-corrected chi connectivity index (χ0v) is 30.6. The number of benzene rings is 1. The number of primary amides is 1. The smallest absolute Gasteiger partial charge is 0.408 e. The third kappa shape index (κ3) is 9.86. The number of nitrogens with two attached hydrogens (primary N) is 1. The fourth-order valence-electron chi connectivity index (χ4n) is 6.27. The lowest BCUT2D eigenvalue weighted by Crippen LogP contribution is -2.58. The third-order valence-electron chi connectivity index (χ3n) is 9.48. The molecule has 0 spiro atoms.